The van der Waals surface area contributed by atoms with Crippen molar-refractivity contribution in [2.75, 3.05) is 0 Å². The number of halogens is 2. The number of hydrogen-bond acceptors (Lipinski definition) is 3. The van der Waals surface area contributed by atoms with E-state index in [1.54, 1.807) is 10.7 Å². The van der Waals surface area contributed by atoms with Crippen LogP contribution in [0.5, 0.6) is 0 Å². The maximum Gasteiger partial charge on any atom is 0.160 e. The van der Waals surface area contributed by atoms with Crippen LogP contribution < -0.4 is 0 Å². The monoisotopic (exact) mass is 269 g/mol. The number of benzene rings is 1. The van der Waals surface area contributed by atoms with Gasteiger partial charge in [0, 0.05) is 12.1 Å². The highest BCUT2D eigenvalue weighted by atomic mass is 35.5. The Balaban J connectivity index is 2.38. The van der Waals surface area contributed by atoms with Crippen molar-refractivity contribution in [1.29, 1.82) is 0 Å². The Kier molecular flexibility index (Phi) is 3.93. The largest absolute Gasteiger partial charge is 0.380 e. The lowest BCUT2D eigenvalue weighted by Crippen LogP contribution is -2.12. The predicted octanol–water partition coefficient (Wildman–Crippen LogP) is 2.56. The molecule has 6 heteroatoms. The smallest absolute Gasteiger partial charge is 0.160 e. The molecular weight excluding hydrogens is 257 g/mol. The summed E-state index contributed by atoms with van der Waals surface area (Å²) in [7, 11) is 0. The number of aliphatic hydroxyl groups is 1. The van der Waals surface area contributed by atoms with Crippen molar-refractivity contribution in [3.05, 3.63) is 46.8 Å². The van der Waals surface area contributed by atoms with Crippen LogP contribution in [0.3, 0.4) is 0 Å². The van der Waals surface area contributed by atoms with E-state index in [4.69, 9.17) is 11.6 Å². The Hall–Kier alpha value is -1.46. The number of hydrogen-bond donors (Lipinski definition) is 1. The number of aromatic nitrogens is 3. The first-order valence-electron chi connectivity index (χ1n) is 5.64. The second kappa shape index (κ2) is 5.46. The molecule has 1 heterocycles. The summed E-state index contributed by atoms with van der Waals surface area (Å²) in [5.41, 5.74) is 0.294. The van der Waals surface area contributed by atoms with Gasteiger partial charge in [-0.25, -0.2) is 14.1 Å². The van der Waals surface area contributed by atoms with Gasteiger partial charge in [0.1, 0.15) is 18.2 Å². The van der Waals surface area contributed by atoms with Crippen LogP contribution in [0.4, 0.5) is 4.39 Å². The van der Waals surface area contributed by atoms with Gasteiger partial charge in [0.2, 0.25) is 0 Å². The molecule has 0 amide bonds. The molecule has 0 aliphatic carbocycles. The first kappa shape index (κ1) is 13.0. The van der Waals surface area contributed by atoms with Gasteiger partial charge in [0.05, 0.1) is 5.02 Å². The summed E-state index contributed by atoms with van der Waals surface area (Å²) in [4.78, 5) is 4.00. The van der Waals surface area contributed by atoms with Crippen molar-refractivity contribution < 1.29 is 9.50 Å². The Morgan fingerprint density at radius 3 is 3.00 bits per heavy atom. The highest BCUT2D eigenvalue weighted by molar-refractivity contribution is 6.31. The van der Waals surface area contributed by atoms with Crippen LogP contribution in [-0.2, 0) is 6.54 Å². The second-order valence-corrected chi connectivity index (χ2v) is 4.26. The summed E-state index contributed by atoms with van der Waals surface area (Å²) in [6.07, 6.45) is 1.14. The van der Waals surface area contributed by atoms with E-state index in [1.165, 1.54) is 18.5 Å². The molecule has 0 aliphatic rings. The van der Waals surface area contributed by atoms with Crippen LogP contribution in [0, 0.1) is 5.82 Å². The van der Waals surface area contributed by atoms with E-state index in [0.29, 0.717) is 17.9 Å². The Bertz CT molecular complexity index is 544. The van der Waals surface area contributed by atoms with Crippen LogP contribution in [0.1, 0.15) is 30.8 Å². The van der Waals surface area contributed by atoms with Gasteiger partial charge in [0.15, 0.2) is 5.82 Å². The highest BCUT2D eigenvalue weighted by Gasteiger charge is 2.20. The third kappa shape index (κ3) is 2.37. The molecule has 0 fully saturated rings. The summed E-state index contributed by atoms with van der Waals surface area (Å²) in [5, 5.41) is 14.1. The summed E-state index contributed by atoms with van der Waals surface area (Å²) in [6, 6.07) is 4.32. The summed E-state index contributed by atoms with van der Waals surface area (Å²) < 4.78 is 14.9. The Morgan fingerprint density at radius 2 is 2.28 bits per heavy atom. The molecule has 0 bridgehead atoms. The summed E-state index contributed by atoms with van der Waals surface area (Å²) in [6.45, 7) is 2.63. The molecular formula is C12H13ClFN3O. The first-order valence-corrected chi connectivity index (χ1v) is 6.02. The zero-order valence-corrected chi connectivity index (χ0v) is 10.6. The lowest BCUT2D eigenvalue weighted by atomic mass is 10.1. The van der Waals surface area contributed by atoms with Crippen LogP contribution in [-0.4, -0.2) is 19.9 Å². The number of rotatable bonds is 4. The van der Waals surface area contributed by atoms with Gasteiger partial charge >= 0.3 is 0 Å². The van der Waals surface area contributed by atoms with Crippen molar-refractivity contribution in [2.45, 2.75) is 26.0 Å². The standard InChI is InChI=1S/C12H13ClFN3O/c1-2-6-17-12(15-7-16-17)11(18)8-4-3-5-9(14)10(8)13/h3-5,7,11,18H,2,6H2,1H3. The molecule has 96 valence electrons. The van der Waals surface area contributed by atoms with Crippen LogP contribution in [0.15, 0.2) is 24.5 Å². The molecule has 0 saturated heterocycles. The number of nitrogens with zero attached hydrogens (tertiary/aromatic N) is 3. The van der Waals surface area contributed by atoms with E-state index >= 15 is 0 Å². The van der Waals surface area contributed by atoms with Crippen LogP contribution >= 0.6 is 11.6 Å². The Labute approximate surface area is 109 Å². The minimum atomic E-state index is -1.08. The van der Waals surface area contributed by atoms with Crippen molar-refractivity contribution >= 4 is 11.6 Å². The van der Waals surface area contributed by atoms with Gasteiger partial charge in [-0.3, -0.25) is 0 Å². The van der Waals surface area contributed by atoms with E-state index in [9.17, 15) is 9.50 Å². The molecule has 18 heavy (non-hydrogen) atoms. The van der Waals surface area contributed by atoms with Crippen LogP contribution in [0.2, 0.25) is 5.02 Å². The highest BCUT2D eigenvalue weighted by Crippen LogP contribution is 2.28. The molecule has 1 unspecified atom stereocenters. The van der Waals surface area contributed by atoms with E-state index in [0.717, 1.165) is 6.42 Å². The van der Waals surface area contributed by atoms with Crippen LogP contribution in [0.25, 0.3) is 0 Å². The van der Waals surface area contributed by atoms with E-state index < -0.39 is 11.9 Å². The lowest BCUT2D eigenvalue weighted by molar-refractivity contribution is 0.202. The fourth-order valence-electron chi connectivity index (χ4n) is 1.74. The molecule has 0 aliphatic heterocycles. The second-order valence-electron chi connectivity index (χ2n) is 3.89. The zero-order valence-electron chi connectivity index (χ0n) is 9.85. The number of aryl methyl sites for hydroxylation is 1. The quantitative estimate of drug-likeness (QED) is 0.928. The molecule has 4 nitrogen and oxygen atoms in total. The van der Waals surface area contributed by atoms with Gasteiger partial charge in [-0.2, -0.15) is 5.10 Å². The van der Waals surface area contributed by atoms with Gasteiger partial charge in [-0.1, -0.05) is 30.7 Å². The summed E-state index contributed by atoms with van der Waals surface area (Å²) in [5.74, 6) is -0.195. The fraction of sp³-hybridized carbons (Fsp3) is 0.333. The molecule has 1 atom stereocenters. The van der Waals surface area contributed by atoms with Crippen molar-refractivity contribution in [3.63, 3.8) is 0 Å². The van der Waals surface area contributed by atoms with Crippen molar-refractivity contribution in [3.8, 4) is 0 Å². The molecule has 1 aromatic carbocycles. The van der Waals surface area contributed by atoms with E-state index in [1.807, 2.05) is 6.92 Å². The predicted molar refractivity (Wildman–Crippen MR) is 65.8 cm³/mol. The maximum absolute atomic E-state index is 13.3. The first-order chi connectivity index (χ1) is 8.65. The fourth-order valence-corrected chi connectivity index (χ4v) is 1.97. The topological polar surface area (TPSA) is 50.9 Å². The Morgan fingerprint density at radius 1 is 1.50 bits per heavy atom. The number of aliphatic hydroxyl groups excluding tert-OH is 1. The zero-order chi connectivity index (χ0) is 13.1. The molecule has 0 radical (unpaired) electrons. The average Bonchev–Trinajstić information content (AvgIpc) is 2.80. The summed E-state index contributed by atoms with van der Waals surface area (Å²) >= 11 is 5.84. The van der Waals surface area contributed by atoms with Crippen molar-refractivity contribution in [1.82, 2.24) is 14.8 Å². The average molecular weight is 270 g/mol. The molecule has 0 spiro atoms. The lowest BCUT2D eigenvalue weighted by Gasteiger charge is -2.13. The molecule has 2 aromatic rings. The molecule has 2 rings (SSSR count). The van der Waals surface area contributed by atoms with Gasteiger partial charge < -0.3 is 5.11 Å². The minimum absolute atomic E-state index is 0.0870. The molecule has 1 aromatic heterocycles. The maximum atomic E-state index is 13.3. The van der Waals surface area contributed by atoms with Gasteiger partial charge in [-0.05, 0) is 12.5 Å². The third-order valence-corrected chi connectivity index (χ3v) is 3.00. The minimum Gasteiger partial charge on any atom is -0.380 e. The SMILES string of the molecule is CCCn1ncnc1C(O)c1cccc(F)c1Cl. The molecule has 0 saturated carbocycles. The third-order valence-electron chi connectivity index (χ3n) is 2.60. The van der Waals surface area contributed by atoms with E-state index in [-0.39, 0.29) is 5.02 Å². The van der Waals surface area contributed by atoms with Gasteiger partial charge in [0.25, 0.3) is 0 Å². The molecule has 1 N–H and O–H groups in total. The van der Waals surface area contributed by atoms with E-state index in [2.05, 4.69) is 10.1 Å². The normalized spacial score (nSPS) is 12.7. The van der Waals surface area contributed by atoms with Crippen molar-refractivity contribution in [2.24, 2.45) is 0 Å². The van der Waals surface area contributed by atoms with Gasteiger partial charge in [-0.15, -0.1) is 0 Å².